The van der Waals surface area contributed by atoms with E-state index in [0.717, 1.165) is 12.3 Å². The van der Waals surface area contributed by atoms with Gasteiger partial charge < -0.3 is 0 Å². The SMILES string of the molecule is CCc1cc(C(F)(F)F)c2cnn(-c3ccc(F)cc3)c2n1. The zero-order chi connectivity index (χ0) is 15.9. The highest BCUT2D eigenvalue weighted by Gasteiger charge is 2.34. The predicted molar refractivity (Wildman–Crippen MR) is 73.2 cm³/mol. The monoisotopic (exact) mass is 309 g/mol. The molecule has 0 radical (unpaired) electrons. The fraction of sp³-hybridized carbons (Fsp3) is 0.200. The Morgan fingerprint density at radius 3 is 2.41 bits per heavy atom. The molecule has 3 aromatic rings. The highest BCUT2D eigenvalue weighted by atomic mass is 19.4. The van der Waals surface area contributed by atoms with Crippen LogP contribution in [0.25, 0.3) is 16.7 Å². The molecule has 3 rings (SSSR count). The van der Waals surface area contributed by atoms with Crippen LogP contribution in [0.1, 0.15) is 18.2 Å². The number of alkyl halides is 3. The van der Waals surface area contributed by atoms with Crippen LogP contribution in [0.5, 0.6) is 0 Å². The Bertz CT molecular complexity index is 819. The Kier molecular flexibility index (Phi) is 3.35. The normalized spacial score (nSPS) is 12.0. The van der Waals surface area contributed by atoms with Gasteiger partial charge >= 0.3 is 6.18 Å². The van der Waals surface area contributed by atoms with Crippen molar-refractivity contribution in [1.29, 1.82) is 0 Å². The molecule has 0 saturated heterocycles. The van der Waals surface area contributed by atoms with E-state index in [1.165, 1.54) is 28.9 Å². The summed E-state index contributed by atoms with van der Waals surface area (Å²) >= 11 is 0. The molecule has 0 unspecified atom stereocenters. The van der Waals surface area contributed by atoms with E-state index in [1.54, 1.807) is 6.92 Å². The summed E-state index contributed by atoms with van der Waals surface area (Å²) in [5.41, 5.74) is 0.120. The van der Waals surface area contributed by atoms with Gasteiger partial charge in [0.15, 0.2) is 5.65 Å². The van der Waals surface area contributed by atoms with Crippen LogP contribution in [-0.2, 0) is 12.6 Å². The molecule has 0 aliphatic carbocycles. The number of pyridine rings is 1. The van der Waals surface area contributed by atoms with Crippen LogP contribution in [0.15, 0.2) is 36.5 Å². The molecule has 1 aromatic carbocycles. The third-order valence-electron chi connectivity index (χ3n) is 3.33. The standard InChI is InChI=1S/C15H11F4N3/c1-2-10-7-13(15(17,18)19)12-8-20-22(14(12)21-10)11-5-3-9(16)4-6-11/h3-8H,2H2,1H3. The summed E-state index contributed by atoms with van der Waals surface area (Å²) in [6, 6.07) is 6.36. The molecule has 0 amide bonds. The van der Waals surface area contributed by atoms with Gasteiger partial charge in [-0.05, 0) is 36.8 Å². The highest BCUT2D eigenvalue weighted by Crippen LogP contribution is 2.35. The first-order chi connectivity index (χ1) is 10.4. The molecular weight excluding hydrogens is 298 g/mol. The Morgan fingerprint density at radius 1 is 1.14 bits per heavy atom. The van der Waals surface area contributed by atoms with E-state index in [9.17, 15) is 17.6 Å². The molecule has 0 bridgehead atoms. The molecule has 3 nitrogen and oxygen atoms in total. The molecule has 0 N–H and O–H groups in total. The first-order valence-electron chi connectivity index (χ1n) is 6.61. The third-order valence-corrected chi connectivity index (χ3v) is 3.33. The second-order valence-electron chi connectivity index (χ2n) is 4.78. The van der Waals surface area contributed by atoms with Crippen LogP contribution < -0.4 is 0 Å². The average Bonchev–Trinajstić information content (AvgIpc) is 2.89. The Labute approximate surface area is 123 Å². The Balaban J connectivity index is 2.28. The maximum atomic E-state index is 13.2. The van der Waals surface area contributed by atoms with Crippen LogP contribution in [0.4, 0.5) is 17.6 Å². The van der Waals surface area contributed by atoms with E-state index in [1.807, 2.05) is 0 Å². The molecule has 0 aliphatic heterocycles. The number of halogens is 4. The van der Waals surface area contributed by atoms with E-state index in [2.05, 4.69) is 10.1 Å². The first-order valence-corrected chi connectivity index (χ1v) is 6.61. The van der Waals surface area contributed by atoms with Crippen molar-refractivity contribution in [2.75, 3.05) is 0 Å². The third kappa shape index (κ3) is 2.43. The first kappa shape index (κ1) is 14.5. The minimum atomic E-state index is -4.48. The number of fused-ring (bicyclic) bond motifs is 1. The molecule has 7 heteroatoms. The fourth-order valence-electron chi connectivity index (χ4n) is 2.24. The lowest BCUT2D eigenvalue weighted by atomic mass is 10.1. The number of aromatic nitrogens is 3. The quantitative estimate of drug-likeness (QED) is 0.666. The maximum absolute atomic E-state index is 13.2. The second-order valence-corrected chi connectivity index (χ2v) is 4.78. The van der Waals surface area contributed by atoms with E-state index in [4.69, 9.17) is 0 Å². The van der Waals surface area contributed by atoms with Crippen molar-refractivity contribution in [1.82, 2.24) is 14.8 Å². The lowest BCUT2D eigenvalue weighted by Crippen LogP contribution is -2.08. The van der Waals surface area contributed by atoms with Crippen LogP contribution in [-0.4, -0.2) is 14.8 Å². The van der Waals surface area contributed by atoms with Gasteiger partial charge in [-0.3, -0.25) is 0 Å². The van der Waals surface area contributed by atoms with Crippen molar-refractivity contribution in [3.8, 4) is 5.69 Å². The predicted octanol–water partition coefficient (Wildman–Crippen LogP) is 4.14. The van der Waals surface area contributed by atoms with Crippen molar-refractivity contribution in [2.45, 2.75) is 19.5 Å². The zero-order valence-electron chi connectivity index (χ0n) is 11.5. The van der Waals surface area contributed by atoms with E-state index < -0.39 is 17.6 Å². The Morgan fingerprint density at radius 2 is 1.82 bits per heavy atom. The number of rotatable bonds is 2. The van der Waals surface area contributed by atoms with Crippen molar-refractivity contribution in [3.63, 3.8) is 0 Å². The molecule has 0 atom stereocenters. The molecule has 22 heavy (non-hydrogen) atoms. The van der Waals surface area contributed by atoms with Gasteiger partial charge in [-0.15, -0.1) is 0 Å². The highest BCUT2D eigenvalue weighted by molar-refractivity contribution is 5.81. The van der Waals surface area contributed by atoms with Gasteiger partial charge in [0.1, 0.15) is 5.82 Å². The smallest absolute Gasteiger partial charge is 0.233 e. The fourth-order valence-corrected chi connectivity index (χ4v) is 2.24. The van der Waals surface area contributed by atoms with Crippen molar-refractivity contribution >= 4 is 11.0 Å². The summed E-state index contributed by atoms with van der Waals surface area (Å²) in [6.07, 6.45) is -2.98. The summed E-state index contributed by atoms with van der Waals surface area (Å²) in [7, 11) is 0. The Hall–Kier alpha value is -2.44. The largest absolute Gasteiger partial charge is 0.417 e. The minimum Gasteiger partial charge on any atom is -0.233 e. The minimum absolute atomic E-state index is 0.0750. The van der Waals surface area contributed by atoms with Crippen LogP contribution >= 0.6 is 0 Å². The molecular formula is C15H11F4N3. The number of aryl methyl sites for hydroxylation is 1. The van der Waals surface area contributed by atoms with Crippen molar-refractivity contribution in [2.24, 2.45) is 0 Å². The topological polar surface area (TPSA) is 30.7 Å². The summed E-state index contributed by atoms with van der Waals surface area (Å²) in [5.74, 6) is -0.432. The molecule has 0 fully saturated rings. The molecule has 0 aliphatic rings. The van der Waals surface area contributed by atoms with E-state index in [0.29, 0.717) is 17.8 Å². The molecule has 0 spiro atoms. The summed E-state index contributed by atoms with van der Waals surface area (Å²) in [4.78, 5) is 4.23. The van der Waals surface area contributed by atoms with Crippen molar-refractivity contribution in [3.05, 3.63) is 53.6 Å². The number of nitrogens with zero attached hydrogens (tertiary/aromatic N) is 3. The van der Waals surface area contributed by atoms with Gasteiger partial charge in [0.2, 0.25) is 0 Å². The van der Waals surface area contributed by atoms with Gasteiger partial charge in [-0.25, -0.2) is 14.1 Å². The molecule has 114 valence electrons. The van der Waals surface area contributed by atoms with Crippen molar-refractivity contribution < 1.29 is 17.6 Å². The van der Waals surface area contributed by atoms with E-state index >= 15 is 0 Å². The number of benzene rings is 1. The molecule has 0 saturated carbocycles. The van der Waals surface area contributed by atoms with Gasteiger partial charge in [-0.1, -0.05) is 6.92 Å². The number of hydrogen-bond acceptors (Lipinski definition) is 2. The average molecular weight is 309 g/mol. The maximum Gasteiger partial charge on any atom is 0.417 e. The van der Waals surface area contributed by atoms with Crippen LogP contribution in [0.2, 0.25) is 0 Å². The summed E-state index contributed by atoms with van der Waals surface area (Å²) in [6.45, 7) is 1.73. The number of hydrogen-bond donors (Lipinski definition) is 0. The summed E-state index contributed by atoms with van der Waals surface area (Å²) < 4.78 is 53.8. The van der Waals surface area contributed by atoms with Gasteiger partial charge in [-0.2, -0.15) is 18.3 Å². The van der Waals surface area contributed by atoms with E-state index in [-0.39, 0.29) is 11.0 Å². The van der Waals surface area contributed by atoms with Crippen LogP contribution in [0, 0.1) is 5.82 Å². The lowest BCUT2D eigenvalue weighted by Gasteiger charge is -2.10. The van der Waals surface area contributed by atoms with Gasteiger partial charge in [0, 0.05) is 5.69 Å². The van der Waals surface area contributed by atoms with Gasteiger partial charge in [0.05, 0.1) is 22.8 Å². The zero-order valence-corrected chi connectivity index (χ0v) is 11.5. The molecule has 2 aromatic heterocycles. The van der Waals surface area contributed by atoms with Gasteiger partial charge in [0.25, 0.3) is 0 Å². The summed E-state index contributed by atoms with van der Waals surface area (Å²) in [5, 5.41) is 3.90. The van der Waals surface area contributed by atoms with Crippen LogP contribution in [0.3, 0.4) is 0 Å². The second kappa shape index (κ2) is 5.08. The molecule has 2 heterocycles. The lowest BCUT2D eigenvalue weighted by molar-refractivity contribution is -0.136.